The van der Waals surface area contributed by atoms with Gasteiger partial charge in [-0.3, -0.25) is 4.79 Å². The van der Waals surface area contributed by atoms with Gasteiger partial charge in [0.2, 0.25) is 0 Å². The largest absolute Gasteiger partial charge is 0.294 e. The van der Waals surface area contributed by atoms with Crippen LogP contribution in [0.15, 0.2) is 18.2 Å². The highest BCUT2D eigenvalue weighted by atomic mass is 32.2. The fourth-order valence-electron chi connectivity index (χ4n) is 2.69. The van der Waals surface area contributed by atoms with Gasteiger partial charge in [-0.1, -0.05) is 26.0 Å². The van der Waals surface area contributed by atoms with Crippen molar-refractivity contribution >= 4 is 15.6 Å². The molecule has 1 atom stereocenters. The molecule has 0 amide bonds. The molecule has 3 nitrogen and oxygen atoms in total. The standard InChI is InChI=1S/C15H20O3S/c1-3-11-5-6-13(9-12(11)4-2)15(16)14-7-8-19(17,18)10-14/h5-6,9,14H,3-4,7-8,10H2,1-2H3. The van der Waals surface area contributed by atoms with E-state index in [2.05, 4.69) is 13.8 Å². The van der Waals surface area contributed by atoms with Crippen LogP contribution in [0.4, 0.5) is 0 Å². The average molecular weight is 280 g/mol. The number of Topliss-reactive ketones (excluding diaryl/α,β-unsaturated/α-hetero) is 1. The summed E-state index contributed by atoms with van der Waals surface area (Å²) in [6, 6.07) is 5.77. The Morgan fingerprint density at radius 3 is 2.42 bits per heavy atom. The molecule has 1 aromatic rings. The van der Waals surface area contributed by atoms with Crippen molar-refractivity contribution < 1.29 is 13.2 Å². The zero-order chi connectivity index (χ0) is 14.0. The summed E-state index contributed by atoms with van der Waals surface area (Å²) in [5, 5.41) is 0. The van der Waals surface area contributed by atoms with Crippen molar-refractivity contribution in [2.75, 3.05) is 11.5 Å². The molecule has 1 aliphatic rings. The highest BCUT2D eigenvalue weighted by Gasteiger charge is 2.33. The van der Waals surface area contributed by atoms with Crippen molar-refractivity contribution in [3.8, 4) is 0 Å². The van der Waals surface area contributed by atoms with Gasteiger partial charge in [-0.05, 0) is 36.5 Å². The van der Waals surface area contributed by atoms with E-state index in [-0.39, 0.29) is 23.2 Å². The summed E-state index contributed by atoms with van der Waals surface area (Å²) in [5.74, 6) is -0.194. The third kappa shape index (κ3) is 3.06. The Morgan fingerprint density at radius 2 is 1.89 bits per heavy atom. The highest BCUT2D eigenvalue weighted by molar-refractivity contribution is 7.91. The highest BCUT2D eigenvalue weighted by Crippen LogP contribution is 2.24. The van der Waals surface area contributed by atoms with E-state index in [9.17, 15) is 13.2 Å². The topological polar surface area (TPSA) is 51.2 Å². The number of carbonyl (C=O) groups is 1. The van der Waals surface area contributed by atoms with Gasteiger partial charge < -0.3 is 0 Å². The van der Waals surface area contributed by atoms with E-state index in [0.29, 0.717) is 12.0 Å². The van der Waals surface area contributed by atoms with Crippen LogP contribution >= 0.6 is 0 Å². The first-order valence-corrected chi connectivity index (χ1v) is 8.65. The molecule has 0 aromatic heterocycles. The fourth-order valence-corrected chi connectivity index (χ4v) is 4.43. The lowest BCUT2D eigenvalue weighted by Gasteiger charge is -2.11. The normalized spacial score (nSPS) is 21.5. The Bertz CT molecular complexity index is 587. The van der Waals surface area contributed by atoms with Crippen LogP contribution in [-0.4, -0.2) is 25.7 Å². The molecule has 1 heterocycles. The molecule has 0 saturated carbocycles. The minimum atomic E-state index is -3.00. The zero-order valence-corrected chi connectivity index (χ0v) is 12.3. The molecule has 1 aliphatic heterocycles. The summed E-state index contributed by atoms with van der Waals surface area (Å²) in [4.78, 5) is 12.3. The van der Waals surface area contributed by atoms with E-state index in [1.54, 1.807) is 0 Å². The summed E-state index contributed by atoms with van der Waals surface area (Å²) in [6.07, 6.45) is 2.32. The van der Waals surface area contributed by atoms with Gasteiger partial charge in [0.15, 0.2) is 15.6 Å². The quantitative estimate of drug-likeness (QED) is 0.796. The minimum absolute atomic E-state index is 0.0153. The van der Waals surface area contributed by atoms with Gasteiger partial charge in [0, 0.05) is 11.5 Å². The Balaban J connectivity index is 2.25. The number of benzene rings is 1. The van der Waals surface area contributed by atoms with Gasteiger partial charge in [0.1, 0.15) is 0 Å². The number of aryl methyl sites for hydroxylation is 2. The molecule has 0 aliphatic carbocycles. The lowest BCUT2D eigenvalue weighted by atomic mass is 9.93. The zero-order valence-electron chi connectivity index (χ0n) is 11.5. The van der Waals surface area contributed by atoms with E-state index < -0.39 is 9.84 Å². The third-order valence-corrected chi connectivity index (χ3v) is 5.62. The second-order valence-electron chi connectivity index (χ2n) is 5.15. The Labute approximate surface area is 114 Å². The molecule has 4 heteroatoms. The molecule has 0 N–H and O–H groups in total. The van der Waals surface area contributed by atoms with Gasteiger partial charge in [0.05, 0.1) is 11.5 Å². The second kappa shape index (κ2) is 5.45. The Kier molecular flexibility index (Phi) is 4.09. The maximum Gasteiger partial charge on any atom is 0.166 e. The molecule has 2 rings (SSSR count). The van der Waals surface area contributed by atoms with Gasteiger partial charge in [-0.15, -0.1) is 0 Å². The van der Waals surface area contributed by atoms with Gasteiger partial charge in [-0.25, -0.2) is 8.42 Å². The van der Waals surface area contributed by atoms with E-state index in [0.717, 1.165) is 12.8 Å². The maximum absolute atomic E-state index is 12.3. The van der Waals surface area contributed by atoms with Crippen LogP contribution < -0.4 is 0 Å². The van der Waals surface area contributed by atoms with Crippen LogP contribution in [0, 0.1) is 5.92 Å². The first-order valence-electron chi connectivity index (χ1n) is 6.83. The van der Waals surface area contributed by atoms with Crippen molar-refractivity contribution in [2.24, 2.45) is 5.92 Å². The summed E-state index contributed by atoms with van der Waals surface area (Å²) in [7, 11) is -3.00. The molecule has 1 saturated heterocycles. The fraction of sp³-hybridized carbons (Fsp3) is 0.533. The van der Waals surface area contributed by atoms with E-state index in [1.807, 2.05) is 18.2 Å². The van der Waals surface area contributed by atoms with Gasteiger partial charge in [-0.2, -0.15) is 0 Å². The van der Waals surface area contributed by atoms with Crippen LogP contribution in [0.5, 0.6) is 0 Å². The number of ketones is 1. The molecule has 1 unspecified atom stereocenters. The van der Waals surface area contributed by atoms with Gasteiger partial charge >= 0.3 is 0 Å². The smallest absolute Gasteiger partial charge is 0.166 e. The average Bonchev–Trinajstić information content (AvgIpc) is 2.77. The Morgan fingerprint density at radius 1 is 1.21 bits per heavy atom. The van der Waals surface area contributed by atoms with Crippen molar-refractivity contribution in [3.63, 3.8) is 0 Å². The summed E-state index contributed by atoms with van der Waals surface area (Å²) < 4.78 is 22.9. The number of hydrogen-bond acceptors (Lipinski definition) is 3. The SMILES string of the molecule is CCc1ccc(C(=O)C2CCS(=O)(=O)C2)cc1CC. The summed E-state index contributed by atoms with van der Waals surface area (Å²) in [5.41, 5.74) is 3.11. The molecule has 1 aromatic carbocycles. The van der Waals surface area contributed by atoms with E-state index >= 15 is 0 Å². The molecule has 0 radical (unpaired) electrons. The van der Waals surface area contributed by atoms with Crippen LogP contribution in [0.25, 0.3) is 0 Å². The minimum Gasteiger partial charge on any atom is -0.294 e. The van der Waals surface area contributed by atoms with Crippen molar-refractivity contribution in [2.45, 2.75) is 33.1 Å². The summed E-state index contributed by atoms with van der Waals surface area (Å²) in [6.45, 7) is 4.17. The summed E-state index contributed by atoms with van der Waals surface area (Å²) >= 11 is 0. The van der Waals surface area contributed by atoms with E-state index in [1.165, 1.54) is 11.1 Å². The number of hydrogen-bond donors (Lipinski definition) is 0. The van der Waals surface area contributed by atoms with Crippen LogP contribution in [0.2, 0.25) is 0 Å². The van der Waals surface area contributed by atoms with E-state index in [4.69, 9.17) is 0 Å². The lowest BCUT2D eigenvalue weighted by molar-refractivity contribution is 0.0933. The number of rotatable bonds is 4. The molecule has 104 valence electrons. The predicted molar refractivity (Wildman–Crippen MR) is 76.3 cm³/mol. The number of sulfone groups is 1. The third-order valence-electron chi connectivity index (χ3n) is 3.86. The van der Waals surface area contributed by atoms with Gasteiger partial charge in [0.25, 0.3) is 0 Å². The molecule has 0 bridgehead atoms. The molecule has 19 heavy (non-hydrogen) atoms. The predicted octanol–water partition coefficient (Wildman–Crippen LogP) is 2.43. The second-order valence-corrected chi connectivity index (χ2v) is 7.38. The molecular formula is C15H20O3S. The van der Waals surface area contributed by atoms with Crippen molar-refractivity contribution in [1.82, 2.24) is 0 Å². The first-order chi connectivity index (χ1) is 8.96. The van der Waals surface area contributed by atoms with Crippen LogP contribution in [0.1, 0.15) is 41.8 Å². The monoisotopic (exact) mass is 280 g/mol. The number of carbonyl (C=O) groups excluding carboxylic acids is 1. The maximum atomic E-state index is 12.3. The van der Waals surface area contributed by atoms with Crippen LogP contribution in [-0.2, 0) is 22.7 Å². The molecule has 1 fully saturated rings. The van der Waals surface area contributed by atoms with Crippen molar-refractivity contribution in [3.05, 3.63) is 34.9 Å². The molecule has 0 spiro atoms. The lowest BCUT2D eigenvalue weighted by Crippen LogP contribution is -2.16. The molecular weight excluding hydrogens is 260 g/mol. The van der Waals surface area contributed by atoms with Crippen LogP contribution in [0.3, 0.4) is 0 Å². The Hall–Kier alpha value is -1.16. The van der Waals surface area contributed by atoms with Crippen molar-refractivity contribution in [1.29, 1.82) is 0 Å². The first kappa shape index (κ1) is 14.3.